The molecule has 6 nitrogen and oxygen atoms in total. The van der Waals surface area contributed by atoms with Gasteiger partial charge in [-0.05, 0) is 27.0 Å². The summed E-state index contributed by atoms with van der Waals surface area (Å²) in [7, 11) is 1.72. The van der Waals surface area contributed by atoms with Crippen molar-refractivity contribution in [1.82, 2.24) is 16.0 Å². The van der Waals surface area contributed by atoms with Gasteiger partial charge in [0.25, 0.3) is 5.91 Å². The van der Waals surface area contributed by atoms with Crippen LogP contribution in [0, 0.1) is 5.82 Å². The zero-order valence-electron chi connectivity index (χ0n) is 12.3. The lowest BCUT2D eigenvalue weighted by atomic mass is 10.2. The summed E-state index contributed by atoms with van der Waals surface area (Å²) >= 11 is 0. The van der Waals surface area contributed by atoms with Crippen LogP contribution in [-0.2, 0) is 11.3 Å². The average Bonchev–Trinajstić information content (AvgIpc) is 2.42. The van der Waals surface area contributed by atoms with Gasteiger partial charge in [0.1, 0.15) is 0 Å². The van der Waals surface area contributed by atoms with Crippen molar-refractivity contribution in [3.63, 3.8) is 0 Å². The summed E-state index contributed by atoms with van der Waals surface area (Å²) in [5.41, 5.74) is 0.593. The first-order valence-corrected chi connectivity index (χ1v) is 6.66. The number of hydrogen-bond donors (Lipinski definition) is 3. The number of imide groups is 1. The first-order valence-electron chi connectivity index (χ1n) is 6.66. The predicted molar refractivity (Wildman–Crippen MR) is 76.5 cm³/mol. The van der Waals surface area contributed by atoms with Crippen molar-refractivity contribution in [2.24, 2.45) is 0 Å². The number of ether oxygens (including phenoxy) is 1. The van der Waals surface area contributed by atoms with Gasteiger partial charge in [0.15, 0.2) is 17.7 Å². The molecule has 0 spiro atoms. The third-order valence-corrected chi connectivity index (χ3v) is 2.65. The van der Waals surface area contributed by atoms with Gasteiger partial charge in [0, 0.05) is 18.7 Å². The number of rotatable bonds is 6. The SMILES string of the molecule is CCNC(=O)NC(=O)C(C)Oc1c(F)cccc1CNC. The zero-order valence-corrected chi connectivity index (χ0v) is 12.3. The van der Waals surface area contributed by atoms with Crippen LogP contribution < -0.4 is 20.7 Å². The number of para-hydroxylation sites is 1. The molecule has 0 fully saturated rings. The highest BCUT2D eigenvalue weighted by molar-refractivity contribution is 5.96. The first-order chi connectivity index (χ1) is 9.99. The normalized spacial score (nSPS) is 11.6. The number of amides is 3. The van der Waals surface area contributed by atoms with Crippen LogP contribution in [-0.4, -0.2) is 31.6 Å². The second-order valence-corrected chi connectivity index (χ2v) is 4.37. The monoisotopic (exact) mass is 297 g/mol. The molecule has 116 valence electrons. The topological polar surface area (TPSA) is 79.5 Å². The molecular weight excluding hydrogens is 277 g/mol. The fourth-order valence-corrected chi connectivity index (χ4v) is 1.66. The number of nitrogens with one attached hydrogen (secondary N) is 3. The molecule has 0 saturated heterocycles. The third-order valence-electron chi connectivity index (χ3n) is 2.65. The molecule has 0 bridgehead atoms. The lowest BCUT2D eigenvalue weighted by molar-refractivity contribution is -0.126. The van der Waals surface area contributed by atoms with E-state index in [4.69, 9.17) is 4.74 Å². The Morgan fingerprint density at radius 1 is 1.38 bits per heavy atom. The lowest BCUT2D eigenvalue weighted by Gasteiger charge is -2.17. The summed E-state index contributed by atoms with van der Waals surface area (Å²) in [4.78, 5) is 23.0. The second-order valence-electron chi connectivity index (χ2n) is 4.37. The number of benzene rings is 1. The molecule has 1 unspecified atom stereocenters. The second kappa shape index (κ2) is 8.21. The lowest BCUT2D eigenvalue weighted by Crippen LogP contribution is -2.45. The van der Waals surface area contributed by atoms with Crippen molar-refractivity contribution in [2.45, 2.75) is 26.5 Å². The minimum atomic E-state index is -1.000. The third kappa shape index (κ3) is 5.03. The van der Waals surface area contributed by atoms with E-state index >= 15 is 0 Å². The van der Waals surface area contributed by atoms with Crippen molar-refractivity contribution in [3.05, 3.63) is 29.6 Å². The Hall–Kier alpha value is -2.15. The quantitative estimate of drug-likeness (QED) is 0.736. The number of halogens is 1. The number of carbonyl (C=O) groups is 2. The number of urea groups is 1. The molecule has 0 aromatic heterocycles. The molecular formula is C14H20FN3O3. The standard InChI is InChI=1S/C14H20FN3O3/c1-4-17-14(20)18-13(19)9(2)21-12-10(8-16-3)6-5-7-11(12)15/h5-7,9,16H,4,8H2,1-3H3,(H2,17,18,19,20). The van der Waals surface area contributed by atoms with Crippen LogP contribution in [0.4, 0.5) is 9.18 Å². The Morgan fingerprint density at radius 2 is 2.10 bits per heavy atom. The largest absolute Gasteiger partial charge is 0.477 e. The van der Waals surface area contributed by atoms with Gasteiger partial charge in [-0.2, -0.15) is 0 Å². The van der Waals surface area contributed by atoms with Crippen molar-refractivity contribution in [3.8, 4) is 5.75 Å². The molecule has 0 aliphatic rings. The Balaban J connectivity index is 2.76. The summed E-state index contributed by atoms with van der Waals surface area (Å²) in [5, 5.41) is 7.44. The van der Waals surface area contributed by atoms with Gasteiger partial charge < -0.3 is 15.4 Å². The van der Waals surface area contributed by atoms with Crippen LogP contribution in [0.1, 0.15) is 19.4 Å². The maximum Gasteiger partial charge on any atom is 0.321 e. The molecule has 1 rings (SSSR count). The van der Waals surface area contributed by atoms with E-state index in [9.17, 15) is 14.0 Å². The number of carbonyl (C=O) groups excluding carboxylic acids is 2. The molecule has 0 radical (unpaired) electrons. The molecule has 0 aliphatic carbocycles. The molecule has 1 atom stereocenters. The fraction of sp³-hybridized carbons (Fsp3) is 0.429. The highest BCUT2D eigenvalue weighted by Crippen LogP contribution is 2.23. The van der Waals surface area contributed by atoms with Crippen LogP contribution in [0.15, 0.2) is 18.2 Å². The van der Waals surface area contributed by atoms with E-state index in [1.165, 1.54) is 13.0 Å². The van der Waals surface area contributed by atoms with Crippen molar-refractivity contribution < 1.29 is 18.7 Å². The minimum absolute atomic E-state index is 0.00500. The van der Waals surface area contributed by atoms with Crippen LogP contribution in [0.2, 0.25) is 0 Å². The number of hydrogen-bond acceptors (Lipinski definition) is 4. The van der Waals surface area contributed by atoms with Gasteiger partial charge >= 0.3 is 6.03 Å². The predicted octanol–water partition coefficient (Wildman–Crippen LogP) is 1.16. The molecule has 3 amide bonds. The molecule has 0 heterocycles. The highest BCUT2D eigenvalue weighted by Gasteiger charge is 2.20. The van der Waals surface area contributed by atoms with E-state index in [2.05, 4.69) is 16.0 Å². The van der Waals surface area contributed by atoms with Crippen molar-refractivity contribution in [1.29, 1.82) is 0 Å². The van der Waals surface area contributed by atoms with Crippen LogP contribution >= 0.6 is 0 Å². The van der Waals surface area contributed by atoms with Crippen LogP contribution in [0.3, 0.4) is 0 Å². The van der Waals surface area contributed by atoms with Crippen molar-refractivity contribution in [2.75, 3.05) is 13.6 Å². The maximum atomic E-state index is 13.8. The fourth-order valence-electron chi connectivity index (χ4n) is 1.66. The highest BCUT2D eigenvalue weighted by atomic mass is 19.1. The van der Waals surface area contributed by atoms with E-state index in [-0.39, 0.29) is 5.75 Å². The smallest absolute Gasteiger partial charge is 0.321 e. The first kappa shape index (κ1) is 16.9. The molecule has 3 N–H and O–H groups in total. The van der Waals surface area contributed by atoms with Gasteiger partial charge in [-0.3, -0.25) is 10.1 Å². The van der Waals surface area contributed by atoms with E-state index in [1.54, 1.807) is 26.1 Å². The van der Waals surface area contributed by atoms with E-state index < -0.39 is 23.9 Å². The summed E-state index contributed by atoms with van der Waals surface area (Å²) in [6, 6.07) is 3.91. The summed E-state index contributed by atoms with van der Waals surface area (Å²) < 4.78 is 19.2. The van der Waals surface area contributed by atoms with Gasteiger partial charge in [-0.1, -0.05) is 12.1 Å². The van der Waals surface area contributed by atoms with Crippen molar-refractivity contribution >= 4 is 11.9 Å². The van der Waals surface area contributed by atoms with Gasteiger partial charge in [0.05, 0.1) is 0 Å². The minimum Gasteiger partial charge on any atom is -0.477 e. The van der Waals surface area contributed by atoms with Gasteiger partial charge in [-0.15, -0.1) is 0 Å². The summed E-state index contributed by atoms with van der Waals surface area (Å²) in [6.45, 7) is 3.98. The van der Waals surface area contributed by atoms with Crippen LogP contribution in [0.5, 0.6) is 5.75 Å². The molecule has 1 aromatic rings. The molecule has 0 saturated carbocycles. The molecule has 21 heavy (non-hydrogen) atoms. The van der Waals surface area contributed by atoms with E-state index in [0.717, 1.165) is 0 Å². The van der Waals surface area contributed by atoms with E-state index in [0.29, 0.717) is 18.7 Å². The Morgan fingerprint density at radius 3 is 2.71 bits per heavy atom. The Labute approximate surface area is 123 Å². The maximum absolute atomic E-state index is 13.8. The summed E-state index contributed by atoms with van der Waals surface area (Å²) in [5.74, 6) is -1.19. The molecule has 7 heteroatoms. The Bertz CT molecular complexity index is 508. The van der Waals surface area contributed by atoms with Gasteiger partial charge in [-0.25, -0.2) is 9.18 Å². The average molecular weight is 297 g/mol. The van der Waals surface area contributed by atoms with Crippen LogP contribution in [0.25, 0.3) is 0 Å². The molecule has 1 aromatic carbocycles. The Kier molecular flexibility index (Phi) is 6.61. The zero-order chi connectivity index (χ0) is 15.8. The molecule has 0 aliphatic heterocycles. The van der Waals surface area contributed by atoms with Gasteiger partial charge in [0.2, 0.25) is 0 Å². The van der Waals surface area contributed by atoms with E-state index in [1.807, 2.05) is 0 Å². The summed E-state index contributed by atoms with van der Waals surface area (Å²) in [6.07, 6.45) is -1.000.